The molecule has 0 bridgehead atoms. The number of hydrogen-bond donors (Lipinski definition) is 2. The van der Waals surface area contributed by atoms with Crippen LogP contribution in [0.5, 0.6) is 0 Å². The van der Waals surface area contributed by atoms with Gasteiger partial charge in [-0.1, -0.05) is 6.92 Å². The summed E-state index contributed by atoms with van der Waals surface area (Å²) in [6.45, 7) is 4.38. The molecule has 1 aliphatic heterocycles. The molecule has 1 aromatic heterocycles. The van der Waals surface area contributed by atoms with E-state index >= 15 is 0 Å². The lowest BCUT2D eigenvalue weighted by Crippen LogP contribution is -2.36. The summed E-state index contributed by atoms with van der Waals surface area (Å²) in [6.07, 6.45) is 1.02. The summed E-state index contributed by atoms with van der Waals surface area (Å²) in [4.78, 5) is 29.5. The lowest BCUT2D eigenvalue weighted by atomic mass is 9.84. The van der Waals surface area contributed by atoms with E-state index in [-0.39, 0.29) is 18.5 Å². The van der Waals surface area contributed by atoms with Crippen LogP contribution < -0.4 is 5.73 Å². The second-order valence-electron chi connectivity index (χ2n) is 5.28. The van der Waals surface area contributed by atoms with E-state index in [0.717, 1.165) is 0 Å². The minimum absolute atomic E-state index is 0.200. The monoisotopic (exact) mass is 297 g/mol. The van der Waals surface area contributed by atoms with Crippen molar-refractivity contribution in [2.45, 2.75) is 32.7 Å². The van der Waals surface area contributed by atoms with E-state index in [1.165, 1.54) is 11.3 Å². The molecule has 1 aliphatic rings. The third-order valence-corrected chi connectivity index (χ3v) is 4.95. The average Bonchev–Trinajstić information content (AvgIpc) is 3.05. The van der Waals surface area contributed by atoms with Gasteiger partial charge in [0, 0.05) is 18.5 Å². The largest absolute Gasteiger partial charge is 0.481 e. The minimum Gasteiger partial charge on any atom is -0.481 e. The summed E-state index contributed by atoms with van der Waals surface area (Å²) >= 11 is 1.36. The number of thiazole rings is 1. The molecule has 2 unspecified atom stereocenters. The number of hydrogen-bond acceptors (Lipinski definition) is 5. The summed E-state index contributed by atoms with van der Waals surface area (Å²) in [6, 6.07) is -0.200. The molecule has 2 atom stereocenters. The molecule has 20 heavy (non-hydrogen) atoms. The number of nitrogens with two attached hydrogens (primary N) is 1. The van der Waals surface area contributed by atoms with Crippen LogP contribution in [0.25, 0.3) is 0 Å². The van der Waals surface area contributed by atoms with Crippen molar-refractivity contribution in [3.05, 3.63) is 16.1 Å². The van der Waals surface area contributed by atoms with Gasteiger partial charge in [-0.15, -0.1) is 11.3 Å². The lowest BCUT2D eigenvalue weighted by Gasteiger charge is -2.22. The van der Waals surface area contributed by atoms with Crippen LogP contribution in [-0.2, 0) is 4.79 Å². The third-order valence-electron chi connectivity index (χ3n) is 3.90. The number of carboxylic acids is 1. The molecule has 0 aromatic carbocycles. The highest BCUT2D eigenvalue weighted by molar-refractivity contribution is 7.09. The highest BCUT2D eigenvalue weighted by atomic mass is 32.1. The first kappa shape index (κ1) is 14.9. The van der Waals surface area contributed by atoms with Gasteiger partial charge in [-0.2, -0.15) is 0 Å². The zero-order chi connectivity index (χ0) is 14.9. The molecule has 3 N–H and O–H groups in total. The first-order chi connectivity index (χ1) is 9.39. The van der Waals surface area contributed by atoms with Crippen molar-refractivity contribution in [3.63, 3.8) is 0 Å². The van der Waals surface area contributed by atoms with E-state index < -0.39 is 11.4 Å². The molecule has 1 amide bonds. The molecule has 7 heteroatoms. The van der Waals surface area contributed by atoms with E-state index in [0.29, 0.717) is 30.1 Å². The number of amides is 1. The van der Waals surface area contributed by atoms with Crippen molar-refractivity contribution in [2.75, 3.05) is 13.1 Å². The Kier molecular flexibility index (Phi) is 4.10. The lowest BCUT2D eigenvalue weighted by molar-refractivity contribution is -0.148. The number of carboxylic acid groups (broad SMARTS) is 1. The molecule has 1 aromatic rings. The van der Waals surface area contributed by atoms with Crippen LogP contribution in [0.2, 0.25) is 0 Å². The number of aliphatic carboxylic acids is 1. The average molecular weight is 297 g/mol. The van der Waals surface area contributed by atoms with E-state index in [4.69, 9.17) is 5.73 Å². The second-order valence-corrected chi connectivity index (χ2v) is 6.17. The van der Waals surface area contributed by atoms with Crippen molar-refractivity contribution in [1.29, 1.82) is 0 Å². The minimum atomic E-state index is -0.829. The Bertz CT molecular complexity index is 529. The molecule has 0 spiro atoms. The number of carbonyl (C=O) groups is 2. The number of rotatable bonds is 4. The van der Waals surface area contributed by atoms with Crippen molar-refractivity contribution < 1.29 is 14.7 Å². The Morgan fingerprint density at radius 2 is 2.35 bits per heavy atom. The predicted molar refractivity (Wildman–Crippen MR) is 75.6 cm³/mol. The zero-order valence-corrected chi connectivity index (χ0v) is 12.4. The number of nitrogens with zero attached hydrogens (tertiary/aromatic N) is 2. The van der Waals surface area contributed by atoms with Crippen LogP contribution >= 0.6 is 11.3 Å². The highest BCUT2D eigenvalue weighted by Crippen LogP contribution is 2.35. The van der Waals surface area contributed by atoms with Gasteiger partial charge in [0.25, 0.3) is 5.91 Å². The molecule has 0 saturated carbocycles. The van der Waals surface area contributed by atoms with Gasteiger partial charge in [0.2, 0.25) is 0 Å². The van der Waals surface area contributed by atoms with Crippen molar-refractivity contribution in [2.24, 2.45) is 11.1 Å². The van der Waals surface area contributed by atoms with Crippen molar-refractivity contribution >= 4 is 23.2 Å². The van der Waals surface area contributed by atoms with Crippen LogP contribution in [0.4, 0.5) is 0 Å². The first-order valence-electron chi connectivity index (χ1n) is 6.63. The van der Waals surface area contributed by atoms with E-state index in [1.807, 2.05) is 13.8 Å². The summed E-state index contributed by atoms with van der Waals surface area (Å²) in [5.74, 6) is -1.03. The standard InChI is InChI=1S/C13H19N3O3S/c1-3-13(12(18)19)4-5-16(7-13)11(17)9-6-20-10(15-9)8(2)14/h6,8H,3-5,7,14H2,1-2H3,(H,18,19). The quantitative estimate of drug-likeness (QED) is 0.877. The Labute approximate surface area is 121 Å². The van der Waals surface area contributed by atoms with E-state index in [2.05, 4.69) is 4.98 Å². The smallest absolute Gasteiger partial charge is 0.311 e. The Balaban J connectivity index is 2.13. The van der Waals surface area contributed by atoms with Gasteiger partial charge in [-0.3, -0.25) is 9.59 Å². The number of aromatic nitrogens is 1. The third kappa shape index (κ3) is 2.55. The molecule has 2 rings (SSSR count). The summed E-state index contributed by atoms with van der Waals surface area (Å²) < 4.78 is 0. The summed E-state index contributed by atoms with van der Waals surface area (Å²) in [5.41, 5.74) is 5.28. The second kappa shape index (κ2) is 5.49. The van der Waals surface area contributed by atoms with Crippen molar-refractivity contribution in [3.8, 4) is 0 Å². The zero-order valence-electron chi connectivity index (χ0n) is 11.6. The highest BCUT2D eigenvalue weighted by Gasteiger charge is 2.45. The number of likely N-dealkylation sites (tertiary alicyclic amines) is 1. The topological polar surface area (TPSA) is 96.5 Å². The van der Waals surface area contributed by atoms with Crippen LogP contribution in [-0.4, -0.2) is 40.0 Å². The van der Waals surface area contributed by atoms with Gasteiger partial charge >= 0.3 is 5.97 Å². The fourth-order valence-electron chi connectivity index (χ4n) is 2.42. The first-order valence-corrected chi connectivity index (χ1v) is 7.51. The molecule has 0 radical (unpaired) electrons. The van der Waals surface area contributed by atoms with Gasteiger partial charge in [0.15, 0.2) is 0 Å². The van der Waals surface area contributed by atoms with Gasteiger partial charge < -0.3 is 15.7 Å². The summed E-state index contributed by atoms with van der Waals surface area (Å²) in [5, 5.41) is 11.7. The predicted octanol–water partition coefficient (Wildman–Crippen LogP) is 1.49. The Hall–Kier alpha value is -1.47. The normalized spacial score (nSPS) is 23.9. The molecular formula is C13H19N3O3S. The molecule has 6 nitrogen and oxygen atoms in total. The van der Waals surface area contributed by atoms with Gasteiger partial charge in [-0.25, -0.2) is 4.98 Å². The maximum atomic E-state index is 12.3. The van der Waals surface area contributed by atoms with Crippen LogP contribution in [0.1, 0.15) is 48.2 Å². The molecule has 1 fully saturated rings. The number of carbonyl (C=O) groups excluding carboxylic acids is 1. The molecule has 2 heterocycles. The molecular weight excluding hydrogens is 278 g/mol. The molecule has 110 valence electrons. The van der Waals surface area contributed by atoms with Crippen LogP contribution in [0.15, 0.2) is 5.38 Å². The SMILES string of the molecule is CCC1(C(=O)O)CCN(C(=O)c2csc(C(C)N)n2)C1. The van der Waals surface area contributed by atoms with Crippen LogP contribution in [0, 0.1) is 5.41 Å². The fraction of sp³-hybridized carbons (Fsp3) is 0.615. The fourth-order valence-corrected chi connectivity index (χ4v) is 3.17. The maximum absolute atomic E-state index is 12.3. The van der Waals surface area contributed by atoms with E-state index in [1.54, 1.807) is 10.3 Å². The summed E-state index contributed by atoms with van der Waals surface area (Å²) in [7, 11) is 0. The Morgan fingerprint density at radius 1 is 1.65 bits per heavy atom. The van der Waals surface area contributed by atoms with Gasteiger partial charge in [0.05, 0.1) is 11.5 Å². The van der Waals surface area contributed by atoms with Gasteiger partial charge in [-0.05, 0) is 19.8 Å². The van der Waals surface area contributed by atoms with Crippen LogP contribution in [0.3, 0.4) is 0 Å². The Morgan fingerprint density at radius 3 is 2.80 bits per heavy atom. The molecule has 1 saturated heterocycles. The van der Waals surface area contributed by atoms with E-state index in [9.17, 15) is 14.7 Å². The maximum Gasteiger partial charge on any atom is 0.311 e. The molecule has 0 aliphatic carbocycles. The van der Waals surface area contributed by atoms with Gasteiger partial charge in [0.1, 0.15) is 10.7 Å². The van der Waals surface area contributed by atoms with Crippen molar-refractivity contribution in [1.82, 2.24) is 9.88 Å².